The Hall–Kier alpha value is -1.74. The summed E-state index contributed by atoms with van der Waals surface area (Å²) in [5, 5.41) is 0.344. The van der Waals surface area contributed by atoms with E-state index in [1.165, 1.54) is 18.2 Å². The van der Waals surface area contributed by atoms with E-state index in [0.29, 0.717) is 23.7 Å². The number of carbonyl (C=O) groups excluding carboxylic acids is 1. The van der Waals surface area contributed by atoms with Gasteiger partial charge in [0.1, 0.15) is 17.3 Å². The Bertz CT molecular complexity index is 1050. The van der Waals surface area contributed by atoms with Gasteiger partial charge in [-0.2, -0.15) is 0 Å². The first-order valence-electron chi connectivity index (χ1n) is 11.8. The molecule has 2 aromatic carbocycles. The summed E-state index contributed by atoms with van der Waals surface area (Å²) in [5.41, 5.74) is 0.882. The van der Waals surface area contributed by atoms with Crippen molar-refractivity contribution in [3.05, 3.63) is 69.2 Å². The van der Waals surface area contributed by atoms with Gasteiger partial charge in [-0.1, -0.05) is 23.5 Å². The summed E-state index contributed by atoms with van der Waals surface area (Å²) in [6.07, 6.45) is 4.25. The minimum atomic E-state index is -1.48. The van der Waals surface area contributed by atoms with Crippen LogP contribution in [0.1, 0.15) is 71.6 Å². The standard InChI is InChI=1S/C26H30ClF3N2O2S/c1-16(18-9-20(27)12-21(28)10-18)32-7-5-26(30,6-8-32)15-34-14-19-11-24(29)23(25(33)31-35-2)13-22(19)17-3-4-17/h9-13,16-17H,3-8,14-15H2,1-2H3,(H,31,33). The molecule has 0 bridgehead atoms. The smallest absolute Gasteiger partial charge is 0.264 e. The van der Waals surface area contributed by atoms with E-state index in [0.717, 1.165) is 35.9 Å². The summed E-state index contributed by atoms with van der Waals surface area (Å²) < 4.78 is 52.2. The Morgan fingerprint density at radius 2 is 1.94 bits per heavy atom. The van der Waals surface area contributed by atoms with Gasteiger partial charge in [0.25, 0.3) is 5.91 Å². The first kappa shape index (κ1) is 26.3. The molecule has 2 aromatic rings. The van der Waals surface area contributed by atoms with E-state index in [9.17, 15) is 13.6 Å². The highest BCUT2D eigenvalue weighted by molar-refractivity contribution is 7.97. The lowest BCUT2D eigenvalue weighted by Crippen LogP contribution is -2.45. The van der Waals surface area contributed by atoms with Gasteiger partial charge in [0, 0.05) is 30.4 Å². The zero-order valence-electron chi connectivity index (χ0n) is 19.9. The van der Waals surface area contributed by atoms with Crippen molar-refractivity contribution in [2.45, 2.75) is 56.8 Å². The van der Waals surface area contributed by atoms with Crippen LogP contribution in [0.15, 0.2) is 30.3 Å². The van der Waals surface area contributed by atoms with Crippen molar-refractivity contribution in [3.8, 4) is 0 Å². The lowest BCUT2D eigenvalue weighted by Gasteiger charge is -2.39. The highest BCUT2D eigenvalue weighted by Gasteiger charge is 2.37. The summed E-state index contributed by atoms with van der Waals surface area (Å²) in [5.74, 6) is -1.16. The molecular formula is C26H30ClF3N2O2S. The zero-order valence-corrected chi connectivity index (χ0v) is 21.5. The van der Waals surface area contributed by atoms with Crippen LogP contribution in [0.2, 0.25) is 5.02 Å². The van der Waals surface area contributed by atoms with Crippen LogP contribution in [-0.4, -0.2) is 42.4 Å². The van der Waals surface area contributed by atoms with E-state index in [2.05, 4.69) is 9.62 Å². The van der Waals surface area contributed by atoms with Crippen LogP contribution in [0, 0.1) is 11.6 Å². The maximum Gasteiger partial charge on any atom is 0.264 e. The van der Waals surface area contributed by atoms with Gasteiger partial charge in [-0.05, 0) is 85.5 Å². The van der Waals surface area contributed by atoms with Gasteiger partial charge in [0.2, 0.25) is 0 Å². The minimum absolute atomic E-state index is 0.0213. The fraction of sp³-hybridized carbons (Fsp3) is 0.500. The SMILES string of the molecule is CSNC(=O)c1cc(C2CC2)c(COCC2(F)CCN(C(C)c3cc(F)cc(Cl)c3)CC2)cc1F. The summed E-state index contributed by atoms with van der Waals surface area (Å²) in [6.45, 7) is 3.00. The molecule has 1 aliphatic heterocycles. The van der Waals surface area contributed by atoms with E-state index >= 15 is 4.39 Å². The first-order chi connectivity index (χ1) is 16.7. The van der Waals surface area contributed by atoms with Gasteiger partial charge in [-0.15, -0.1) is 0 Å². The molecule has 1 saturated carbocycles. The maximum absolute atomic E-state index is 15.5. The molecule has 0 aromatic heterocycles. The summed E-state index contributed by atoms with van der Waals surface area (Å²) in [7, 11) is 0. The first-order valence-corrected chi connectivity index (χ1v) is 13.4. The van der Waals surface area contributed by atoms with Gasteiger partial charge < -0.3 is 4.74 Å². The predicted molar refractivity (Wildman–Crippen MR) is 133 cm³/mol. The number of benzene rings is 2. The van der Waals surface area contributed by atoms with Crippen molar-refractivity contribution in [1.29, 1.82) is 0 Å². The quantitative estimate of drug-likeness (QED) is 0.374. The van der Waals surface area contributed by atoms with Crippen LogP contribution < -0.4 is 4.72 Å². The number of ether oxygens (including phenoxy) is 1. The second-order valence-electron chi connectivity index (χ2n) is 9.50. The van der Waals surface area contributed by atoms with Crippen LogP contribution in [0.25, 0.3) is 0 Å². The number of rotatable bonds is 9. The van der Waals surface area contributed by atoms with Crippen LogP contribution in [0.3, 0.4) is 0 Å². The molecule has 2 aliphatic rings. The second kappa shape index (κ2) is 11.1. The largest absolute Gasteiger partial charge is 0.373 e. The third kappa shape index (κ3) is 6.53. The molecule has 9 heteroatoms. The van der Waals surface area contributed by atoms with Crippen LogP contribution in [0.4, 0.5) is 13.2 Å². The van der Waals surface area contributed by atoms with E-state index in [1.54, 1.807) is 18.4 Å². The van der Waals surface area contributed by atoms with Gasteiger partial charge >= 0.3 is 0 Å². The minimum Gasteiger partial charge on any atom is -0.373 e. The Labute approximate surface area is 213 Å². The molecule has 1 atom stereocenters. The molecular weight excluding hydrogens is 497 g/mol. The van der Waals surface area contributed by atoms with Crippen molar-refractivity contribution in [2.24, 2.45) is 0 Å². The number of piperidine rings is 1. The van der Waals surface area contributed by atoms with Crippen molar-refractivity contribution in [1.82, 2.24) is 9.62 Å². The lowest BCUT2D eigenvalue weighted by molar-refractivity contribution is -0.0367. The topological polar surface area (TPSA) is 41.6 Å². The van der Waals surface area contributed by atoms with Gasteiger partial charge in [0.15, 0.2) is 0 Å². The van der Waals surface area contributed by atoms with Crippen molar-refractivity contribution in [3.63, 3.8) is 0 Å². The molecule has 1 N–H and O–H groups in total. The number of nitrogens with one attached hydrogen (secondary N) is 1. The molecule has 4 nitrogen and oxygen atoms in total. The van der Waals surface area contributed by atoms with Crippen molar-refractivity contribution in [2.75, 3.05) is 26.0 Å². The molecule has 0 radical (unpaired) electrons. The number of hydrogen-bond donors (Lipinski definition) is 1. The van der Waals surface area contributed by atoms with Gasteiger partial charge in [-0.3, -0.25) is 14.4 Å². The maximum atomic E-state index is 15.5. The van der Waals surface area contributed by atoms with E-state index in [4.69, 9.17) is 16.3 Å². The number of amides is 1. The number of halogens is 4. The molecule has 1 aliphatic carbocycles. The van der Waals surface area contributed by atoms with E-state index in [1.807, 2.05) is 6.92 Å². The van der Waals surface area contributed by atoms with E-state index in [-0.39, 0.29) is 49.4 Å². The third-order valence-electron chi connectivity index (χ3n) is 6.91. The number of nitrogens with zero attached hydrogens (tertiary/aromatic N) is 1. The zero-order chi connectivity index (χ0) is 25.2. The number of likely N-dealkylation sites (tertiary alicyclic amines) is 1. The Morgan fingerprint density at radius 1 is 1.23 bits per heavy atom. The Kier molecular flexibility index (Phi) is 8.36. The Balaban J connectivity index is 1.34. The van der Waals surface area contributed by atoms with E-state index < -0.39 is 17.4 Å². The van der Waals surface area contributed by atoms with Crippen LogP contribution in [-0.2, 0) is 11.3 Å². The Morgan fingerprint density at radius 3 is 2.57 bits per heavy atom. The van der Waals surface area contributed by atoms with Gasteiger partial charge in [0.05, 0.1) is 18.8 Å². The normalized spacial score (nSPS) is 18.9. The second-order valence-corrected chi connectivity index (χ2v) is 10.5. The number of carbonyl (C=O) groups is 1. The summed E-state index contributed by atoms with van der Waals surface area (Å²) in [4.78, 5) is 14.3. The highest BCUT2D eigenvalue weighted by atomic mass is 35.5. The molecule has 1 unspecified atom stereocenters. The lowest BCUT2D eigenvalue weighted by atomic mass is 9.92. The molecule has 0 spiro atoms. The van der Waals surface area contributed by atoms with Gasteiger partial charge in [-0.25, -0.2) is 13.2 Å². The van der Waals surface area contributed by atoms with Crippen LogP contribution >= 0.6 is 23.5 Å². The summed E-state index contributed by atoms with van der Waals surface area (Å²) >= 11 is 7.11. The molecule has 1 saturated heterocycles. The molecule has 2 fully saturated rings. The number of hydrogen-bond acceptors (Lipinski definition) is 4. The summed E-state index contributed by atoms with van der Waals surface area (Å²) in [6, 6.07) is 7.35. The average Bonchev–Trinajstić information content (AvgIpc) is 3.64. The number of alkyl halides is 1. The highest BCUT2D eigenvalue weighted by Crippen LogP contribution is 2.43. The molecule has 35 heavy (non-hydrogen) atoms. The predicted octanol–water partition coefficient (Wildman–Crippen LogP) is 6.59. The monoisotopic (exact) mass is 526 g/mol. The molecule has 1 amide bonds. The van der Waals surface area contributed by atoms with Crippen molar-refractivity contribution >= 4 is 29.5 Å². The fourth-order valence-corrected chi connectivity index (χ4v) is 5.21. The molecule has 4 rings (SSSR count). The molecule has 1 heterocycles. The fourth-order valence-electron chi connectivity index (χ4n) is 4.68. The molecule has 190 valence electrons. The van der Waals surface area contributed by atoms with Crippen LogP contribution in [0.5, 0.6) is 0 Å². The third-order valence-corrected chi connectivity index (χ3v) is 7.52. The van der Waals surface area contributed by atoms with Crippen molar-refractivity contribution < 1.29 is 22.7 Å². The average molecular weight is 527 g/mol.